The van der Waals surface area contributed by atoms with Gasteiger partial charge in [-0.2, -0.15) is 0 Å². The largest absolute Gasteiger partial charge is 0.481 e. The second-order valence-corrected chi connectivity index (χ2v) is 3.51. The van der Waals surface area contributed by atoms with Gasteiger partial charge in [-0.3, -0.25) is 9.59 Å². The SMILES string of the molecule is O=CNc1nc(CCCC(=O)O)cs1. The molecule has 0 spiro atoms. The Kier molecular flexibility index (Phi) is 4.06. The highest BCUT2D eigenvalue weighted by Crippen LogP contribution is 2.15. The molecule has 0 aromatic carbocycles. The molecular weight excluding hydrogens is 204 g/mol. The smallest absolute Gasteiger partial charge is 0.303 e. The number of nitrogens with zero attached hydrogens (tertiary/aromatic N) is 1. The van der Waals surface area contributed by atoms with E-state index in [4.69, 9.17) is 5.11 Å². The van der Waals surface area contributed by atoms with Crippen molar-refractivity contribution >= 4 is 28.8 Å². The van der Waals surface area contributed by atoms with Crippen molar-refractivity contribution < 1.29 is 14.7 Å². The molecule has 0 aliphatic carbocycles. The summed E-state index contributed by atoms with van der Waals surface area (Å²) in [6.07, 6.45) is 1.91. The summed E-state index contributed by atoms with van der Waals surface area (Å²) in [6, 6.07) is 0. The van der Waals surface area contributed by atoms with Gasteiger partial charge in [-0.25, -0.2) is 4.98 Å². The molecule has 0 radical (unpaired) electrons. The highest BCUT2D eigenvalue weighted by Gasteiger charge is 2.02. The van der Waals surface area contributed by atoms with Crippen LogP contribution in [-0.4, -0.2) is 22.5 Å². The Balaban J connectivity index is 2.35. The van der Waals surface area contributed by atoms with Gasteiger partial charge in [-0.05, 0) is 12.8 Å². The predicted octanol–water partition coefficient (Wildman–Crippen LogP) is 1.12. The number of nitrogens with one attached hydrogen (secondary N) is 1. The fraction of sp³-hybridized carbons (Fsp3) is 0.375. The summed E-state index contributed by atoms with van der Waals surface area (Å²) in [5, 5.41) is 13.2. The van der Waals surface area contributed by atoms with Crippen LogP contribution < -0.4 is 5.32 Å². The Morgan fingerprint density at radius 2 is 2.50 bits per heavy atom. The van der Waals surface area contributed by atoms with Crippen molar-refractivity contribution in [3.05, 3.63) is 11.1 Å². The maximum atomic E-state index is 10.2. The van der Waals surface area contributed by atoms with Crippen molar-refractivity contribution in [2.75, 3.05) is 5.32 Å². The molecule has 0 fully saturated rings. The van der Waals surface area contributed by atoms with Crippen molar-refractivity contribution in [1.29, 1.82) is 0 Å². The summed E-state index contributed by atoms with van der Waals surface area (Å²) >= 11 is 1.33. The molecule has 0 aliphatic rings. The molecule has 2 N–H and O–H groups in total. The molecule has 1 heterocycles. The Morgan fingerprint density at radius 1 is 1.71 bits per heavy atom. The number of hydrogen-bond donors (Lipinski definition) is 2. The van der Waals surface area contributed by atoms with Crippen molar-refractivity contribution in [3.63, 3.8) is 0 Å². The maximum absolute atomic E-state index is 10.2. The first kappa shape index (κ1) is 10.6. The Morgan fingerprint density at radius 3 is 3.14 bits per heavy atom. The quantitative estimate of drug-likeness (QED) is 0.695. The molecule has 0 atom stereocenters. The van der Waals surface area contributed by atoms with Gasteiger partial charge in [-0.15, -0.1) is 11.3 Å². The molecule has 1 aromatic heterocycles. The molecule has 0 unspecified atom stereocenters. The predicted molar refractivity (Wildman–Crippen MR) is 52.4 cm³/mol. The zero-order valence-corrected chi connectivity index (χ0v) is 8.21. The molecule has 0 aliphatic heterocycles. The number of thiazole rings is 1. The molecule has 76 valence electrons. The summed E-state index contributed by atoms with van der Waals surface area (Å²) in [5.41, 5.74) is 0.820. The Labute approximate surface area is 84.8 Å². The van der Waals surface area contributed by atoms with Crippen LogP contribution in [0.2, 0.25) is 0 Å². The Bertz CT molecular complexity index is 324. The first-order chi connectivity index (χ1) is 6.72. The van der Waals surface area contributed by atoms with Gasteiger partial charge in [0.2, 0.25) is 6.41 Å². The van der Waals surface area contributed by atoms with Crippen LogP contribution in [-0.2, 0) is 16.0 Å². The Hall–Kier alpha value is -1.43. The molecule has 0 bridgehead atoms. The van der Waals surface area contributed by atoms with Gasteiger partial charge < -0.3 is 10.4 Å². The number of aryl methyl sites for hydroxylation is 1. The maximum Gasteiger partial charge on any atom is 0.303 e. The normalized spacial score (nSPS) is 9.71. The number of aliphatic carboxylic acids is 1. The average molecular weight is 214 g/mol. The standard InChI is InChI=1S/C8H10N2O3S/c11-5-9-8-10-6(4-14-8)2-1-3-7(12)13/h4-5H,1-3H2,(H,12,13)(H,9,10,11). The van der Waals surface area contributed by atoms with E-state index in [1.54, 1.807) is 0 Å². The summed E-state index contributed by atoms with van der Waals surface area (Å²) < 4.78 is 0. The van der Waals surface area contributed by atoms with E-state index in [0.29, 0.717) is 24.4 Å². The van der Waals surface area contributed by atoms with Crippen LogP contribution in [0.4, 0.5) is 5.13 Å². The highest BCUT2D eigenvalue weighted by atomic mass is 32.1. The van der Waals surface area contributed by atoms with E-state index in [9.17, 15) is 9.59 Å². The highest BCUT2D eigenvalue weighted by molar-refractivity contribution is 7.13. The van der Waals surface area contributed by atoms with E-state index in [1.165, 1.54) is 11.3 Å². The third kappa shape index (κ3) is 3.53. The number of amides is 1. The fourth-order valence-electron chi connectivity index (χ4n) is 0.959. The molecule has 5 nitrogen and oxygen atoms in total. The summed E-state index contributed by atoms with van der Waals surface area (Å²) in [5.74, 6) is -0.800. The number of hydrogen-bond acceptors (Lipinski definition) is 4. The second-order valence-electron chi connectivity index (χ2n) is 2.65. The minimum absolute atomic E-state index is 0.147. The molecule has 0 saturated heterocycles. The van der Waals surface area contributed by atoms with E-state index in [-0.39, 0.29) is 6.42 Å². The topological polar surface area (TPSA) is 79.3 Å². The molecule has 1 aromatic rings. The summed E-state index contributed by atoms with van der Waals surface area (Å²) in [6.45, 7) is 0. The van der Waals surface area contributed by atoms with Crippen LogP contribution in [0.25, 0.3) is 0 Å². The van der Waals surface area contributed by atoms with Gasteiger partial charge in [0.15, 0.2) is 5.13 Å². The summed E-state index contributed by atoms with van der Waals surface area (Å²) in [4.78, 5) is 24.4. The van der Waals surface area contributed by atoms with Crippen molar-refractivity contribution in [3.8, 4) is 0 Å². The van der Waals surface area contributed by atoms with Crippen LogP contribution >= 0.6 is 11.3 Å². The molecular formula is C8H10N2O3S. The van der Waals surface area contributed by atoms with Crippen molar-refractivity contribution in [2.24, 2.45) is 0 Å². The number of aromatic nitrogens is 1. The lowest BCUT2D eigenvalue weighted by Gasteiger charge is -1.93. The average Bonchev–Trinajstić information content (AvgIpc) is 2.53. The molecule has 1 amide bonds. The molecule has 0 saturated carbocycles. The van der Waals surface area contributed by atoms with E-state index < -0.39 is 5.97 Å². The second kappa shape index (κ2) is 5.33. The third-order valence-corrected chi connectivity index (χ3v) is 2.38. The van der Waals surface area contributed by atoms with Crippen LogP contribution in [0.1, 0.15) is 18.5 Å². The number of carbonyl (C=O) groups is 2. The molecule has 14 heavy (non-hydrogen) atoms. The van der Waals surface area contributed by atoms with Crippen LogP contribution in [0.15, 0.2) is 5.38 Å². The third-order valence-electron chi connectivity index (χ3n) is 1.56. The van der Waals surface area contributed by atoms with Gasteiger partial charge in [-0.1, -0.05) is 0 Å². The lowest BCUT2D eigenvalue weighted by atomic mass is 10.2. The minimum Gasteiger partial charge on any atom is -0.481 e. The zero-order valence-electron chi connectivity index (χ0n) is 7.40. The molecule has 1 rings (SSSR count). The van der Waals surface area contributed by atoms with Crippen LogP contribution in [0, 0.1) is 0 Å². The van der Waals surface area contributed by atoms with Crippen LogP contribution in [0.5, 0.6) is 0 Å². The van der Waals surface area contributed by atoms with Gasteiger partial charge in [0, 0.05) is 11.8 Å². The van der Waals surface area contributed by atoms with E-state index in [0.717, 1.165) is 5.69 Å². The fourth-order valence-corrected chi connectivity index (χ4v) is 1.66. The first-order valence-electron chi connectivity index (χ1n) is 4.08. The lowest BCUT2D eigenvalue weighted by molar-refractivity contribution is -0.137. The van der Waals surface area contributed by atoms with E-state index in [2.05, 4.69) is 10.3 Å². The lowest BCUT2D eigenvalue weighted by Crippen LogP contribution is -1.97. The van der Waals surface area contributed by atoms with Gasteiger partial charge in [0.25, 0.3) is 0 Å². The summed E-state index contributed by atoms with van der Waals surface area (Å²) in [7, 11) is 0. The number of anilines is 1. The zero-order chi connectivity index (χ0) is 10.4. The number of rotatable bonds is 6. The minimum atomic E-state index is -0.800. The number of carbonyl (C=O) groups excluding carboxylic acids is 1. The van der Waals surface area contributed by atoms with Gasteiger partial charge >= 0.3 is 5.97 Å². The monoisotopic (exact) mass is 214 g/mol. The number of carboxylic acid groups (broad SMARTS) is 1. The van der Waals surface area contributed by atoms with E-state index in [1.807, 2.05) is 5.38 Å². The van der Waals surface area contributed by atoms with Gasteiger partial charge in [0.1, 0.15) is 0 Å². The molecule has 6 heteroatoms. The van der Waals surface area contributed by atoms with Gasteiger partial charge in [0.05, 0.1) is 5.69 Å². The van der Waals surface area contributed by atoms with Crippen molar-refractivity contribution in [2.45, 2.75) is 19.3 Å². The van der Waals surface area contributed by atoms with Crippen molar-refractivity contribution in [1.82, 2.24) is 4.98 Å². The first-order valence-corrected chi connectivity index (χ1v) is 4.96. The van der Waals surface area contributed by atoms with Crippen LogP contribution in [0.3, 0.4) is 0 Å². The van der Waals surface area contributed by atoms with E-state index >= 15 is 0 Å². The number of carboxylic acids is 1.